The molecular formula is C11H25N3O2S. The lowest BCUT2D eigenvalue weighted by Crippen LogP contribution is -2.43. The fourth-order valence-corrected chi connectivity index (χ4v) is 3.25. The Morgan fingerprint density at radius 2 is 2.18 bits per heavy atom. The number of piperidine rings is 1. The minimum Gasteiger partial charge on any atom is -0.318 e. The van der Waals surface area contributed by atoms with Crippen molar-refractivity contribution in [2.45, 2.75) is 12.8 Å². The van der Waals surface area contributed by atoms with Gasteiger partial charge in [0.2, 0.25) is 10.0 Å². The Labute approximate surface area is 105 Å². The first kappa shape index (κ1) is 14.9. The van der Waals surface area contributed by atoms with Gasteiger partial charge in [0.25, 0.3) is 0 Å². The molecule has 1 atom stereocenters. The molecule has 1 rings (SSSR count). The first-order valence-corrected chi connectivity index (χ1v) is 8.06. The Hall–Kier alpha value is -0.170. The van der Waals surface area contributed by atoms with Crippen molar-refractivity contribution in [1.29, 1.82) is 0 Å². The summed E-state index contributed by atoms with van der Waals surface area (Å²) in [6.07, 6.45) is 3.42. The molecule has 17 heavy (non-hydrogen) atoms. The Morgan fingerprint density at radius 1 is 1.47 bits per heavy atom. The van der Waals surface area contributed by atoms with Crippen LogP contribution < -0.4 is 5.32 Å². The largest absolute Gasteiger partial charge is 0.318 e. The molecule has 6 heteroatoms. The van der Waals surface area contributed by atoms with Gasteiger partial charge in [-0.25, -0.2) is 12.7 Å². The van der Waals surface area contributed by atoms with Crippen molar-refractivity contribution in [1.82, 2.24) is 14.5 Å². The maximum absolute atomic E-state index is 11.5. The summed E-state index contributed by atoms with van der Waals surface area (Å²) < 4.78 is 24.6. The minimum atomic E-state index is -3.01. The van der Waals surface area contributed by atoms with Crippen molar-refractivity contribution in [3.63, 3.8) is 0 Å². The molecule has 1 heterocycles. The molecule has 1 unspecified atom stereocenters. The maximum atomic E-state index is 11.5. The summed E-state index contributed by atoms with van der Waals surface area (Å²) in [4.78, 5) is 2.27. The van der Waals surface area contributed by atoms with Crippen LogP contribution in [0.1, 0.15) is 12.8 Å². The van der Waals surface area contributed by atoms with E-state index in [1.54, 1.807) is 4.31 Å². The second kappa shape index (κ2) is 6.68. The lowest BCUT2D eigenvalue weighted by atomic mass is 9.99. The molecule has 0 aromatic heterocycles. The number of rotatable bonds is 6. The molecule has 0 aromatic rings. The van der Waals surface area contributed by atoms with E-state index in [0.717, 1.165) is 32.5 Å². The normalized spacial score (nSPS) is 23.2. The molecule has 1 aliphatic rings. The van der Waals surface area contributed by atoms with Crippen LogP contribution in [0.4, 0.5) is 0 Å². The minimum absolute atomic E-state index is 0.473. The number of likely N-dealkylation sites (N-methyl/N-ethyl adjacent to an activating group) is 2. The van der Waals surface area contributed by atoms with Crippen LogP contribution in [-0.2, 0) is 10.0 Å². The number of nitrogens with one attached hydrogen (secondary N) is 1. The highest BCUT2D eigenvalue weighted by Crippen LogP contribution is 2.19. The molecule has 0 bridgehead atoms. The van der Waals surface area contributed by atoms with Gasteiger partial charge in [-0.15, -0.1) is 0 Å². The van der Waals surface area contributed by atoms with E-state index < -0.39 is 10.0 Å². The van der Waals surface area contributed by atoms with Gasteiger partial charge < -0.3 is 10.2 Å². The Bertz CT molecular complexity index is 319. The van der Waals surface area contributed by atoms with E-state index in [1.807, 2.05) is 7.05 Å². The third-order valence-corrected chi connectivity index (χ3v) is 4.53. The third kappa shape index (κ3) is 5.33. The zero-order valence-corrected chi connectivity index (χ0v) is 12.0. The van der Waals surface area contributed by atoms with Crippen molar-refractivity contribution in [3.8, 4) is 0 Å². The summed E-state index contributed by atoms with van der Waals surface area (Å²) in [7, 11) is 1.03. The zero-order valence-electron chi connectivity index (χ0n) is 11.1. The first-order valence-electron chi connectivity index (χ1n) is 6.21. The number of nitrogens with zero attached hydrogens (tertiary/aromatic N) is 2. The highest BCUT2D eigenvalue weighted by Gasteiger charge is 2.26. The molecular weight excluding hydrogens is 238 g/mol. The highest BCUT2D eigenvalue weighted by molar-refractivity contribution is 7.88. The standard InChI is InChI=1S/C11H25N3O2S/c1-12-6-8-13(2)9-11-5-4-7-14(10-11)17(3,15)16/h11-12H,4-10H2,1-3H3. The lowest BCUT2D eigenvalue weighted by molar-refractivity contribution is 0.201. The third-order valence-electron chi connectivity index (χ3n) is 3.26. The number of hydrogen-bond donors (Lipinski definition) is 1. The van der Waals surface area contributed by atoms with Crippen LogP contribution in [0, 0.1) is 5.92 Å². The van der Waals surface area contributed by atoms with Crippen LogP contribution in [0.2, 0.25) is 0 Å². The zero-order chi connectivity index (χ0) is 12.9. The van der Waals surface area contributed by atoms with E-state index in [9.17, 15) is 8.42 Å². The molecule has 1 saturated heterocycles. The number of sulfonamides is 1. The summed E-state index contributed by atoms with van der Waals surface area (Å²) in [5.74, 6) is 0.473. The second-order valence-electron chi connectivity index (χ2n) is 5.00. The smallest absolute Gasteiger partial charge is 0.211 e. The van der Waals surface area contributed by atoms with E-state index >= 15 is 0 Å². The average Bonchev–Trinajstić information content (AvgIpc) is 2.25. The first-order chi connectivity index (χ1) is 7.93. The molecule has 102 valence electrons. The molecule has 0 aromatic carbocycles. The summed E-state index contributed by atoms with van der Waals surface area (Å²) in [6.45, 7) is 4.33. The van der Waals surface area contributed by atoms with Gasteiger partial charge in [-0.1, -0.05) is 0 Å². The van der Waals surface area contributed by atoms with Gasteiger partial charge >= 0.3 is 0 Å². The van der Waals surface area contributed by atoms with Crippen LogP contribution >= 0.6 is 0 Å². The molecule has 0 aliphatic carbocycles. The quantitative estimate of drug-likeness (QED) is 0.722. The van der Waals surface area contributed by atoms with E-state index in [2.05, 4.69) is 17.3 Å². The van der Waals surface area contributed by atoms with E-state index in [4.69, 9.17) is 0 Å². The van der Waals surface area contributed by atoms with Gasteiger partial charge in [0.1, 0.15) is 0 Å². The maximum Gasteiger partial charge on any atom is 0.211 e. The Balaban J connectivity index is 2.39. The van der Waals surface area contributed by atoms with E-state index in [-0.39, 0.29) is 0 Å². The summed E-state index contributed by atoms with van der Waals surface area (Å²) in [5.41, 5.74) is 0. The van der Waals surface area contributed by atoms with Gasteiger partial charge in [-0.05, 0) is 32.9 Å². The average molecular weight is 263 g/mol. The van der Waals surface area contributed by atoms with Crippen molar-refractivity contribution >= 4 is 10.0 Å². The topological polar surface area (TPSA) is 52.6 Å². The summed E-state index contributed by atoms with van der Waals surface area (Å²) in [5, 5.41) is 3.12. The van der Waals surface area contributed by atoms with Crippen molar-refractivity contribution in [2.24, 2.45) is 5.92 Å². The van der Waals surface area contributed by atoms with Gasteiger partial charge in [0.15, 0.2) is 0 Å². The van der Waals surface area contributed by atoms with E-state index in [0.29, 0.717) is 19.0 Å². The summed E-state index contributed by atoms with van der Waals surface area (Å²) in [6, 6.07) is 0. The molecule has 1 fully saturated rings. The van der Waals surface area contributed by atoms with Crippen LogP contribution in [0.5, 0.6) is 0 Å². The predicted octanol–water partition coefficient (Wildman–Crippen LogP) is -0.191. The van der Waals surface area contributed by atoms with Crippen LogP contribution in [0.15, 0.2) is 0 Å². The second-order valence-corrected chi connectivity index (χ2v) is 6.98. The Morgan fingerprint density at radius 3 is 2.76 bits per heavy atom. The number of hydrogen-bond acceptors (Lipinski definition) is 4. The molecule has 1 aliphatic heterocycles. The van der Waals surface area contributed by atoms with Crippen molar-refractivity contribution in [2.75, 3.05) is 53.1 Å². The van der Waals surface area contributed by atoms with Gasteiger partial charge in [0, 0.05) is 32.7 Å². The van der Waals surface area contributed by atoms with Gasteiger partial charge in [-0.3, -0.25) is 0 Å². The van der Waals surface area contributed by atoms with Crippen molar-refractivity contribution < 1.29 is 8.42 Å². The van der Waals surface area contributed by atoms with Crippen LogP contribution in [-0.4, -0.2) is 70.7 Å². The van der Waals surface area contributed by atoms with Gasteiger partial charge in [0.05, 0.1) is 6.26 Å². The monoisotopic (exact) mass is 263 g/mol. The van der Waals surface area contributed by atoms with Crippen LogP contribution in [0.25, 0.3) is 0 Å². The Kier molecular flexibility index (Phi) is 5.85. The van der Waals surface area contributed by atoms with Crippen molar-refractivity contribution in [3.05, 3.63) is 0 Å². The molecule has 0 radical (unpaired) electrons. The highest BCUT2D eigenvalue weighted by atomic mass is 32.2. The molecule has 5 nitrogen and oxygen atoms in total. The predicted molar refractivity (Wildman–Crippen MR) is 70.6 cm³/mol. The van der Waals surface area contributed by atoms with E-state index in [1.165, 1.54) is 6.26 Å². The molecule has 0 amide bonds. The fraction of sp³-hybridized carbons (Fsp3) is 1.00. The molecule has 0 saturated carbocycles. The fourth-order valence-electron chi connectivity index (χ4n) is 2.31. The van der Waals surface area contributed by atoms with Crippen LogP contribution in [0.3, 0.4) is 0 Å². The molecule has 0 spiro atoms. The SMILES string of the molecule is CNCCN(C)CC1CCCN(S(C)(=O)=O)C1. The lowest BCUT2D eigenvalue weighted by Gasteiger charge is -2.33. The summed E-state index contributed by atoms with van der Waals surface area (Å²) >= 11 is 0. The molecule has 1 N–H and O–H groups in total. The van der Waals surface area contributed by atoms with Gasteiger partial charge in [-0.2, -0.15) is 0 Å².